The second-order valence-electron chi connectivity index (χ2n) is 3.85. The monoisotopic (exact) mass is 248 g/mol. The van der Waals surface area contributed by atoms with E-state index in [1.807, 2.05) is 6.92 Å². The molecule has 0 radical (unpaired) electrons. The molecule has 0 heterocycles. The van der Waals surface area contributed by atoms with E-state index >= 15 is 0 Å². The van der Waals surface area contributed by atoms with Crippen LogP contribution >= 0.6 is 0 Å². The van der Waals surface area contributed by atoms with Gasteiger partial charge in [-0.05, 0) is 18.6 Å². The Morgan fingerprint density at radius 1 is 1.61 bits per heavy atom. The highest BCUT2D eigenvalue weighted by molar-refractivity contribution is 5.71. The molecule has 1 rings (SSSR count). The van der Waals surface area contributed by atoms with E-state index in [-0.39, 0.29) is 6.54 Å². The molecule has 0 aliphatic rings. The van der Waals surface area contributed by atoms with Gasteiger partial charge in [0.05, 0.1) is 24.3 Å². The van der Waals surface area contributed by atoms with Crippen molar-refractivity contribution in [2.45, 2.75) is 13.3 Å². The Kier molecular flexibility index (Phi) is 5.00. The third-order valence-corrected chi connectivity index (χ3v) is 2.73. The van der Waals surface area contributed by atoms with E-state index in [1.165, 1.54) is 7.11 Å². The minimum Gasteiger partial charge on any atom is -0.497 e. The summed E-state index contributed by atoms with van der Waals surface area (Å²) < 4.78 is 5.07. The Balaban J connectivity index is 2.83. The Morgan fingerprint density at radius 2 is 2.33 bits per heavy atom. The van der Waals surface area contributed by atoms with Crippen LogP contribution in [0.5, 0.6) is 5.75 Å². The largest absolute Gasteiger partial charge is 0.497 e. The number of nitriles is 1. The van der Waals surface area contributed by atoms with Crippen molar-refractivity contribution in [1.29, 1.82) is 5.26 Å². The SMILES string of the molecule is CCC(CNc1cc(OC)ccc1C#N)C(=O)O. The number of hydrogen-bond acceptors (Lipinski definition) is 4. The maximum atomic E-state index is 10.9. The summed E-state index contributed by atoms with van der Waals surface area (Å²) >= 11 is 0. The van der Waals surface area contributed by atoms with Gasteiger partial charge in [0, 0.05) is 12.6 Å². The second-order valence-corrected chi connectivity index (χ2v) is 3.85. The molecule has 0 bridgehead atoms. The Morgan fingerprint density at radius 3 is 2.83 bits per heavy atom. The van der Waals surface area contributed by atoms with E-state index in [9.17, 15) is 4.79 Å². The van der Waals surface area contributed by atoms with Crippen molar-refractivity contribution >= 4 is 11.7 Å². The summed E-state index contributed by atoms with van der Waals surface area (Å²) in [6.45, 7) is 2.10. The average Bonchev–Trinajstić information content (AvgIpc) is 2.38. The van der Waals surface area contributed by atoms with Gasteiger partial charge in [0.15, 0.2) is 0 Å². The number of aliphatic carboxylic acids is 1. The molecule has 1 aromatic carbocycles. The molecule has 2 N–H and O–H groups in total. The van der Waals surface area contributed by atoms with Crippen LogP contribution < -0.4 is 10.1 Å². The molecule has 0 spiro atoms. The molecule has 0 aromatic heterocycles. The highest BCUT2D eigenvalue weighted by Gasteiger charge is 2.15. The predicted octanol–water partition coefficient (Wildman–Crippen LogP) is 2.09. The first-order valence-corrected chi connectivity index (χ1v) is 5.67. The lowest BCUT2D eigenvalue weighted by Crippen LogP contribution is -2.22. The summed E-state index contributed by atoms with van der Waals surface area (Å²) in [4.78, 5) is 10.9. The molecule has 0 amide bonds. The van der Waals surface area contributed by atoms with Gasteiger partial charge in [0.2, 0.25) is 0 Å². The van der Waals surface area contributed by atoms with Gasteiger partial charge in [-0.25, -0.2) is 0 Å². The molecule has 96 valence electrons. The molecule has 0 saturated carbocycles. The number of carboxylic acid groups (broad SMARTS) is 1. The fraction of sp³-hybridized carbons (Fsp3) is 0.385. The van der Waals surface area contributed by atoms with Crippen molar-refractivity contribution in [2.24, 2.45) is 5.92 Å². The number of hydrogen-bond donors (Lipinski definition) is 2. The van der Waals surface area contributed by atoms with E-state index in [2.05, 4.69) is 11.4 Å². The molecule has 0 aliphatic carbocycles. The highest BCUT2D eigenvalue weighted by atomic mass is 16.5. The molecule has 1 aromatic rings. The zero-order valence-electron chi connectivity index (χ0n) is 10.4. The van der Waals surface area contributed by atoms with Gasteiger partial charge in [0.25, 0.3) is 0 Å². The number of methoxy groups -OCH3 is 1. The van der Waals surface area contributed by atoms with Crippen molar-refractivity contribution in [3.8, 4) is 11.8 Å². The fourth-order valence-corrected chi connectivity index (χ4v) is 1.53. The van der Waals surface area contributed by atoms with Gasteiger partial charge in [0.1, 0.15) is 11.8 Å². The number of nitrogens with one attached hydrogen (secondary N) is 1. The van der Waals surface area contributed by atoms with Crippen molar-refractivity contribution in [1.82, 2.24) is 0 Å². The number of anilines is 1. The third-order valence-electron chi connectivity index (χ3n) is 2.73. The van der Waals surface area contributed by atoms with E-state index < -0.39 is 11.9 Å². The lowest BCUT2D eigenvalue weighted by molar-refractivity contribution is -0.141. The van der Waals surface area contributed by atoms with Crippen LogP contribution in [-0.2, 0) is 4.79 Å². The first-order chi connectivity index (χ1) is 8.62. The third kappa shape index (κ3) is 3.39. The molecule has 1 atom stereocenters. The highest BCUT2D eigenvalue weighted by Crippen LogP contribution is 2.22. The van der Waals surface area contributed by atoms with Crippen LogP contribution in [0.4, 0.5) is 5.69 Å². The number of rotatable bonds is 6. The van der Waals surface area contributed by atoms with Crippen LogP contribution in [-0.4, -0.2) is 24.7 Å². The van der Waals surface area contributed by atoms with Gasteiger partial charge in [-0.3, -0.25) is 4.79 Å². The zero-order chi connectivity index (χ0) is 13.5. The lowest BCUT2D eigenvalue weighted by Gasteiger charge is -2.13. The molecular formula is C13H16N2O3. The van der Waals surface area contributed by atoms with Crippen LogP contribution in [0.15, 0.2) is 18.2 Å². The number of benzene rings is 1. The maximum absolute atomic E-state index is 10.9. The Labute approximate surface area is 106 Å². The van der Waals surface area contributed by atoms with E-state index in [0.717, 1.165) is 0 Å². The van der Waals surface area contributed by atoms with Gasteiger partial charge in [-0.2, -0.15) is 5.26 Å². The van der Waals surface area contributed by atoms with Crippen LogP contribution in [0.3, 0.4) is 0 Å². The van der Waals surface area contributed by atoms with E-state index in [1.54, 1.807) is 18.2 Å². The summed E-state index contributed by atoms with van der Waals surface area (Å²) in [5.41, 5.74) is 1.06. The fourth-order valence-electron chi connectivity index (χ4n) is 1.53. The molecule has 0 saturated heterocycles. The summed E-state index contributed by atoms with van der Waals surface area (Å²) in [5.74, 6) is -0.686. The molecule has 5 heteroatoms. The molecule has 5 nitrogen and oxygen atoms in total. The summed E-state index contributed by atoms with van der Waals surface area (Å²) in [5, 5.41) is 20.9. The minimum atomic E-state index is -0.841. The van der Waals surface area contributed by atoms with Gasteiger partial charge >= 0.3 is 5.97 Å². The number of nitrogens with zero attached hydrogens (tertiary/aromatic N) is 1. The van der Waals surface area contributed by atoms with Gasteiger partial charge < -0.3 is 15.2 Å². The topological polar surface area (TPSA) is 82.3 Å². The number of carboxylic acids is 1. The van der Waals surface area contributed by atoms with Crippen molar-refractivity contribution < 1.29 is 14.6 Å². The van der Waals surface area contributed by atoms with Crippen molar-refractivity contribution in [2.75, 3.05) is 19.0 Å². The molecule has 1 unspecified atom stereocenters. The van der Waals surface area contributed by atoms with Crippen LogP contribution in [0.1, 0.15) is 18.9 Å². The van der Waals surface area contributed by atoms with E-state index in [0.29, 0.717) is 23.4 Å². The molecule has 0 fully saturated rings. The van der Waals surface area contributed by atoms with Gasteiger partial charge in [-0.1, -0.05) is 6.92 Å². The standard InChI is InChI=1S/C13H16N2O3/c1-3-9(13(16)17)8-15-12-6-11(18-2)5-4-10(12)7-14/h4-6,9,15H,3,8H2,1-2H3,(H,16,17). The zero-order valence-corrected chi connectivity index (χ0v) is 10.4. The number of ether oxygens (including phenoxy) is 1. The Bertz CT molecular complexity index is 466. The van der Waals surface area contributed by atoms with Gasteiger partial charge in [-0.15, -0.1) is 0 Å². The van der Waals surface area contributed by atoms with Crippen LogP contribution in [0.2, 0.25) is 0 Å². The summed E-state index contributed by atoms with van der Waals surface area (Å²) in [7, 11) is 1.54. The maximum Gasteiger partial charge on any atom is 0.308 e. The minimum absolute atomic E-state index is 0.285. The lowest BCUT2D eigenvalue weighted by atomic mass is 10.1. The summed E-state index contributed by atoms with van der Waals surface area (Å²) in [6, 6.07) is 7.07. The normalized spacial score (nSPS) is 11.4. The van der Waals surface area contributed by atoms with Crippen molar-refractivity contribution in [3.05, 3.63) is 23.8 Å². The molecule has 18 heavy (non-hydrogen) atoms. The Hall–Kier alpha value is -2.22. The quantitative estimate of drug-likeness (QED) is 0.805. The average molecular weight is 248 g/mol. The summed E-state index contributed by atoms with van der Waals surface area (Å²) in [6.07, 6.45) is 0.536. The smallest absolute Gasteiger partial charge is 0.308 e. The van der Waals surface area contributed by atoms with Crippen molar-refractivity contribution in [3.63, 3.8) is 0 Å². The first kappa shape index (κ1) is 13.8. The van der Waals surface area contributed by atoms with E-state index in [4.69, 9.17) is 15.1 Å². The molecule has 0 aliphatic heterocycles. The predicted molar refractivity (Wildman–Crippen MR) is 67.6 cm³/mol. The van der Waals surface area contributed by atoms with Crippen LogP contribution in [0.25, 0.3) is 0 Å². The second kappa shape index (κ2) is 6.50. The van der Waals surface area contributed by atoms with Crippen LogP contribution in [0, 0.1) is 17.2 Å². The number of carbonyl (C=O) groups is 1. The first-order valence-electron chi connectivity index (χ1n) is 5.67. The molecular weight excluding hydrogens is 232 g/mol.